The summed E-state index contributed by atoms with van der Waals surface area (Å²) in [5.41, 5.74) is 3.86. The molecular weight excluding hydrogens is 346 g/mol. The van der Waals surface area contributed by atoms with Crippen molar-refractivity contribution in [3.05, 3.63) is 59.7 Å². The Balaban J connectivity index is 1.71. The molecule has 1 atom stereocenters. The van der Waals surface area contributed by atoms with Crippen molar-refractivity contribution in [2.75, 3.05) is 11.2 Å². The van der Waals surface area contributed by atoms with Crippen LogP contribution in [0, 0.1) is 13.8 Å². The van der Waals surface area contributed by atoms with Gasteiger partial charge in [-0.15, -0.1) is 10.2 Å². The zero-order valence-electron chi connectivity index (χ0n) is 14.9. The third kappa shape index (κ3) is 3.88. The highest BCUT2D eigenvalue weighted by atomic mass is 32.2. The molecule has 7 heteroatoms. The Kier molecular flexibility index (Phi) is 5.27. The van der Waals surface area contributed by atoms with E-state index in [0.29, 0.717) is 11.0 Å². The van der Waals surface area contributed by atoms with Crippen LogP contribution >= 0.6 is 11.8 Å². The van der Waals surface area contributed by atoms with Crippen LogP contribution in [0.2, 0.25) is 0 Å². The van der Waals surface area contributed by atoms with Gasteiger partial charge in [-0.25, -0.2) is 4.68 Å². The molecule has 0 aliphatic heterocycles. The number of rotatable bonds is 5. The fraction of sp³-hybridized carbons (Fsp3) is 0.211. The molecular formula is C19H21N5OS. The molecule has 0 aliphatic carbocycles. The van der Waals surface area contributed by atoms with E-state index in [-0.39, 0.29) is 11.2 Å². The number of nitrogen functional groups attached to an aromatic ring is 1. The smallest absolute Gasteiger partial charge is 0.237 e. The zero-order chi connectivity index (χ0) is 18.7. The van der Waals surface area contributed by atoms with E-state index in [0.717, 1.165) is 22.4 Å². The number of aryl methyl sites for hydroxylation is 2. The van der Waals surface area contributed by atoms with Crippen molar-refractivity contribution < 1.29 is 4.79 Å². The van der Waals surface area contributed by atoms with E-state index >= 15 is 0 Å². The molecule has 0 fully saturated rings. The number of carbonyl (C=O) groups excluding carboxylic acids is 1. The van der Waals surface area contributed by atoms with Crippen LogP contribution in [0.25, 0.3) is 11.4 Å². The quantitative estimate of drug-likeness (QED) is 0.533. The third-order valence-corrected chi connectivity index (χ3v) is 5.09. The average Bonchev–Trinajstić information content (AvgIpc) is 2.98. The van der Waals surface area contributed by atoms with Crippen LogP contribution in [0.4, 0.5) is 5.69 Å². The molecule has 6 nitrogen and oxygen atoms in total. The number of hydrogen-bond donors (Lipinski definition) is 2. The molecule has 1 amide bonds. The number of aromatic nitrogens is 3. The topological polar surface area (TPSA) is 85.8 Å². The minimum Gasteiger partial charge on any atom is -0.335 e. The molecule has 3 aromatic rings. The van der Waals surface area contributed by atoms with Gasteiger partial charge in [0.1, 0.15) is 0 Å². The van der Waals surface area contributed by atoms with Gasteiger partial charge in [-0.05, 0) is 32.4 Å². The first-order chi connectivity index (χ1) is 12.5. The third-order valence-electron chi connectivity index (χ3n) is 4.03. The number of nitrogens with zero attached hydrogens (tertiary/aromatic N) is 3. The fourth-order valence-electron chi connectivity index (χ4n) is 2.42. The van der Waals surface area contributed by atoms with Gasteiger partial charge in [0, 0.05) is 11.3 Å². The van der Waals surface area contributed by atoms with E-state index in [1.54, 1.807) is 0 Å². The Morgan fingerprint density at radius 3 is 2.50 bits per heavy atom. The van der Waals surface area contributed by atoms with Gasteiger partial charge in [0.15, 0.2) is 5.82 Å². The number of carbonyl (C=O) groups is 1. The van der Waals surface area contributed by atoms with Crippen LogP contribution in [-0.2, 0) is 4.79 Å². The van der Waals surface area contributed by atoms with Gasteiger partial charge in [0.05, 0.1) is 5.25 Å². The summed E-state index contributed by atoms with van der Waals surface area (Å²) in [5, 5.41) is 11.4. The van der Waals surface area contributed by atoms with Crippen molar-refractivity contribution >= 4 is 23.4 Å². The number of nitrogens with two attached hydrogens (primary N) is 1. The van der Waals surface area contributed by atoms with Gasteiger partial charge in [0.2, 0.25) is 11.1 Å². The molecule has 2 aromatic carbocycles. The lowest BCUT2D eigenvalue weighted by molar-refractivity contribution is -0.115. The number of para-hydroxylation sites is 1. The molecule has 0 saturated carbocycles. The standard InChI is InChI=1S/C19H21N5OS/c1-12-8-10-15(11-9-12)17-22-23-19(24(17)20)26-14(3)18(25)21-16-7-5-4-6-13(16)2/h4-11,14H,20H2,1-3H3,(H,21,25). The van der Waals surface area contributed by atoms with Crippen molar-refractivity contribution in [2.24, 2.45) is 0 Å². The largest absolute Gasteiger partial charge is 0.335 e. The second-order valence-corrected chi connectivity index (χ2v) is 7.41. The van der Waals surface area contributed by atoms with Crippen molar-refractivity contribution in [1.29, 1.82) is 0 Å². The average molecular weight is 367 g/mol. The molecule has 1 aromatic heterocycles. The van der Waals surface area contributed by atoms with Crippen molar-refractivity contribution in [3.63, 3.8) is 0 Å². The minimum atomic E-state index is -0.369. The molecule has 0 bridgehead atoms. The lowest BCUT2D eigenvalue weighted by atomic mass is 10.1. The predicted octanol–water partition coefficient (Wildman–Crippen LogP) is 3.40. The maximum absolute atomic E-state index is 12.5. The minimum absolute atomic E-state index is 0.107. The second-order valence-electron chi connectivity index (χ2n) is 6.11. The number of anilines is 1. The van der Waals surface area contributed by atoms with Gasteiger partial charge < -0.3 is 11.2 Å². The van der Waals surface area contributed by atoms with E-state index in [4.69, 9.17) is 5.84 Å². The molecule has 3 rings (SSSR count). The molecule has 0 saturated heterocycles. The Bertz CT molecular complexity index is 920. The molecule has 1 unspecified atom stereocenters. The maximum Gasteiger partial charge on any atom is 0.237 e. The normalized spacial score (nSPS) is 12.0. The summed E-state index contributed by atoms with van der Waals surface area (Å²) >= 11 is 1.27. The lowest BCUT2D eigenvalue weighted by Crippen LogP contribution is -2.24. The van der Waals surface area contributed by atoms with E-state index in [1.165, 1.54) is 16.4 Å². The summed E-state index contributed by atoms with van der Waals surface area (Å²) in [6.07, 6.45) is 0. The first-order valence-electron chi connectivity index (χ1n) is 8.26. The number of hydrogen-bond acceptors (Lipinski definition) is 5. The summed E-state index contributed by atoms with van der Waals surface area (Å²) in [6, 6.07) is 15.6. The summed E-state index contributed by atoms with van der Waals surface area (Å²) < 4.78 is 1.42. The van der Waals surface area contributed by atoms with Crippen LogP contribution in [0.1, 0.15) is 18.1 Å². The summed E-state index contributed by atoms with van der Waals surface area (Å²) in [7, 11) is 0. The van der Waals surface area contributed by atoms with Crippen LogP contribution in [0.15, 0.2) is 53.7 Å². The van der Waals surface area contributed by atoms with Crippen LogP contribution in [-0.4, -0.2) is 26.0 Å². The van der Waals surface area contributed by atoms with E-state index < -0.39 is 0 Å². The van der Waals surface area contributed by atoms with Crippen LogP contribution < -0.4 is 11.2 Å². The first kappa shape index (κ1) is 18.0. The van der Waals surface area contributed by atoms with Crippen LogP contribution in [0.5, 0.6) is 0 Å². The van der Waals surface area contributed by atoms with Gasteiger partial charge >= 0.3 is 0 Å². The second kappa shape index (κ2) is 7.61. The van der Waals surface area contributed by atoms with E-state index in [9.17, 15) is 4.79 Å². The monoisotopic (exact) mass is 367 g/mol. The highest BCUT2D eigenvalue weighted by molar-refractivity contribution is 8.00. The van der Waals surface area contributed by atoms with Gasteiger partial charge in [0.25, 0.3) is 0 Å². The number of nitrogens with one attached hydrogen (secondary N) is 1. The molecule has 134 valence electrons. The molecule has 26 heavy (non-hydrogen) atoms. The summed E-state index contributed by atoms with van der Waals surface area (Å²) in [5.74, 6) is 6.60. The predicted molar refractivity (Wildman–Crippen MR) is 105 cm³/mol. The Morgan fingerprint density at radius 2 is 1.81 bits per heavy atom. The van der Waals surface area contributed by atoms with Crippen LogP contribution in [0.3, 0.4) is 0 Å². The lowest BCUT2D eigenvalue weighted by Gasteiger charge is -2.13. The summed E-state index contributed by atoms with van der Waals surface area (Å²) in [6.45, 7) is 5.79. The molecule has 0 radical (unpaired) electrons. The van der Waals surface area contributed by atoms with Gasteiger partial charge in [-0.3, -0.25) is 4.79 Å². The van der Waals surface area contributed by atoms with E-state index in [2.05, 4.69) is 15.5 Å². The van der Waals surface area contributed by atoms with Crippen molar-refractivity contribution in [1.82, 2.24) is 14.9 Å². The number of amides is 1. The Labute approximate surface area is 156 Å². The molecule has 0 spiro atoms. The maximum atomic E-state index is 12.5. The van der Waals surface area contributed by atoms with Gasteiger partial charge in [-0.1, -0.05) is 59.8 Å². The highest BCUT2D eigenvalue weighted by Crippen LogP contribution is 2.26. The van der Waals surface area contributed by atoms with Gasteiger partial charge in [-0.2, -0.15) is 0 Å². The zero-order valence-corrected chi connectivity index (χ0v) is 15.7. The Morgan fingerprint density at radius 1 is 1.12 bits per heavy atom. The van der Waals surface area contributed by atoms with Crippen molar-refractivity contribution in [2.45, 2.75) is 31.2 Å². The molecule has 3 N–H and O–H groups in total. The molecule has 1 heterocycles. The number of thioether (sulfide) groups is 1. The summed E-state index contributed by atoms with van der Waals surface area (Å²) in [4.78, 5) is 12.5. The SMILES string of the molecule is Cc1ccc(-c2nnc(SC(C)C(=O)Nc3ccccc3C)n2N)cc1. The fourth-order valence-corrected chi connectivity index (χ4v) is 3.19. The first-order valence-corrected chi connectivity index (χ1v) is 9.14. The molecule has 0 aliphatic rings. The van der Waals surface area contributed by atoms with E-state index in [1.807, 2.05) is 69.3 Å². The Hall–Kier alpha value is -2.80. The highest BCUT2D eigenvalue weighted by Gasteiger charge is 2.20. The number of benzene rings is 2. The van der Waals surface area contributed by atoms with Crippen molar-refractivity contribution in [3.8, 4) is 11.4 Å².